The third-order valence-electron chi connectivity index (χ3n) is 4.75. The van der Waals surface area contributed by atoms with E-state index in [0.717, 1.165) is 58.8 Å². The molecule has 1 saturated heterocycles. The van der Waals surface area contributed by atoms with Crippen LogP contribution in [0, 0.1) is 3.57 Å². The van der Waals surface area contributed by atoms with Crippen LogP contribution < -0.4 is 10.5 Å². The zero-order valence-electron chi connectivity index (χ0n) is 12.3. The number of aromatic nitrogens is 1. The lowest BCUT2D eigenvalue weighted by molar-refractivity contribution is 0.145. The fourth-order valence-corrected chi connectivity index (χ4v) is 4.00. The number of aliphatic hydroxyl groups is 1. The van der Waals surface area contributed by atoms with Gasteiger partial charge < -0.3 is 14.6 Å². The minimum atomic E-state index is -0.164. The Hall–Kier alpha value is -1.08. The van der Waals surface area contributed by atoms with Gasteiger partial charge in [0.05, 0.1) is 6.10 Å². The second-order valence-electron chi connectivity index (χ2n) is 6.37. The SMILES string of the molecule is O=c1c2ccc(N3CCC(O)CC3)cc2c(I)cn1C1CC1. The Morgan fingerprint density at radius 2 is 1.82 bits per heavy atom. The number of rotatable bonds is 2. The number of hydrogen-bond acceptors (Lipinski definition) is 3. The van der Waals surface area contributed by atoms with Gasteiger partial charge >= 0.3 is 0 Å². The zero-order valence-corrected chi connectivity index (χ0v) is 14.5. The number of pyridine rings is 1. The molecule has 1 aromatic carbocycles. The van der Waals surface area contributed by atoms with Crippen molar-refractivity contribution < 1.29 is 5.11 Å². The fraction of sp³-hybridized carbons (Fsp3) is 0.471. The molecule has 0 radical (unpaired) electrons. The first-order valence-corrected chi connectivity index (χ1v) is 8.99. The number of aliphatic hydroxyl groups excluding tert-OH is 1. The molecule has 1 N–H and O–H groups in total. The average Bonchev–Trinajstić information content (AvgIpc) is 3.36. The summed E-state index contributed by atoms with van der Waals surface area (Å²) in [7, 11) is 0. The van der Waals surface area contributed by atoms with Crippen LogP contribution in [-0.2, 0) is 0 Å². The average molecular weight is 410 g/mol. The number of hydrogen-bond donors (Lipinski definition) is 1. The zero-order chi connectivity index (χ0) is 15.3. The molecule has 1 aliphatic heterocycles. The van der Waals surface area contributed by atoms with Gasteiger partial charge in [-0.1, -0.05) is 0 Å². The summed E-state index contributed by atoms with van der Waals surface area (Å²) in [4.78, 5) is 14.9. The molecule has 0 spiro atoms. The van der Waals surface area contributed by atoms with Crippen molar-refractivity contribution in [2.24, 2.45) is 0 Å². The van der Waals surface area contributed by atoms with Crippen LogP contribution in [0.4, 0.5) is 5.69 Å². The molecule has 2 aromatic rings. The molecule has 116 valence electrons. The Bertz CT molecular complexity index is 774. The maximum absolute atomic E-state index is 12.6. The van der Waals surface area contributed by atoms with E-state index in [2.05, 4.69) is 39.6 Å². The summed E-state index contributed by atoms with van der Waals surface area (Å²) in [6, 6.07) is 6.56. The van der Waals surface area contributed by atoms with Crippen molar-refractivity contribution in [2.75, 3.05) is 18.0 Å². The van der Waals surface area contributed by atoms with Crippen LogP contribution in [0.1, 0.15) is 31.7 Å². The lowest BCUT2D eigenvalue weighted by atomic mass is 10.1. The summed E-state index contributed by atoms with van der Waals surface area (Å²) in [5.74, 6) is 0. The van der Waals surface area contributed by atoms with E-state index in [0.29, 0.717) is 6.04 Å². The second-order valence-corrected chi connectivity index (χ2v) is 7.53. The number of anilines is 1. The van der Waals surface area contributed by atoms with Gasteiger partial charge in [0.1, 0.15) is 0 Å². The molecule has 0 amide bonds. The van der Waals surface area contributed by atoms with E-state index < -0.39 is 0 Å². The molecule has 0 unspecified atom stereocenters. The van der Waals surface area contributed by atoms with Crippen molar-refractivity contribution in [1.82, 2.24) is 4.57 Å². The largest absolute Gasteiger partial charge is 0.393 e. The van der Waals surface area contributed by atoms with Gasteiger partial charge in [0.15, 0.2) is 0 Å². The van der Waals surface area contributed by atoms with Crippen LogP contribution in [0.15, 0.2) is 29.2 Å². The molecule has 0 atom stereocenters. The number of nitrogens with zero attached hydrogens (tertiary/aromatic N) is 2. The highest BCUT2D eigenvalue weighted by atomic mass is 127. The third-order valence-corrected chi connectivity index (χ3v) is 5.61. The molecule has 1 aromatic heterocycles. The Kier molecular flexibility index (Phi) is 3.64. The summed E-state index contributed by atoms with van der Waals surface area (Å²) < 4.78 is 3.04. The van der Waals surface area contributed by atoms with Crippen LogP contribution in [0.5, 0.6) is 0 Å². The van der Waals surface area contributed by atoms with Crippen molar-refractivity contribution in [1.29, 1.82) is 0 Å². The lowest BCUT2D eigenvalue weighted by Crippen LogP contribution is -2.35. The first-order valence-electron chi connectivity index (χ1n) is 7.91. The van der Waals surface area contributed by atoms with Crippen LogP contribution in [-0.4, -0.2) is 28.9 Å². The second kappa shape index (κ2) is 5.53. The highest BCUT2D eigenvalue weighted by Crippen LogP contribution is 2.35. The Morgan fingerprint density at radius 3 is 2.50 bits per heavy atom. The quantitative estimate of drug-likeness (QED) is 0.775. The molecule has 5 heteroatoms. The maximum atomic E-state index is 12.6. The minimum absolute atomic E-state index is 0.138. The smallest absolute Gasteiger partial charge is 0.258 e. The van der Waals surface area contributed by atoms with Gasteiger partial charge in [-0.3, -0.25) is 4.79 Å². The van der Waals surface area contributed by atoms with Gasteiger partial charge in [0.25, 0.3) is 5.56 Å². The maximum Gasteiger partial charge on any atom is 0.258 e. The normalized spacial score (nSPS) is 19.8. The van der Waals surface area contributed by atoms with Gasteiger partial charge in [-0.05, 0) is 66.5 Å². The minimum Gasteiger partial charge on any atom is -0.393 e. The highest BCUT2D eigenvalue weighted by Gasteiger charge is 2.26. The van der Waals surface area contributed by atoms with Gasteiger partial charge in [0, 0.05) is 45.4 Å². The molecule has 0 bridgehead atoms. The van der Waals surface area contributed by atoms with E-state index in [1.54, 1.807) is 0 Å². The first kappa shape index (κ1) is 14.5. The number of benzene rings is 1. The predicted molar refractivity (Wildman–Crippen MR) is 96.6 cm³/mol. The van der Waals surface area contributed by atoms with E-state index in [9.17, 15) is 9.90 Å². The van der Waals surface area contributed by atoms with E-state index in [1.165, 1.54) is 0 Å². The molecular formula is C17H19IN2O2. The number of fused-ring (bicyclic) bond motifs is 1. The molecule has 2 aliphatic rings. The highest BCUT2D eigenvalue weighted by molar-refractivity contribution is 14.1. The molecule has 2 heterocycles. The number of piperidine rings is 1. The standard InChI is InChI=1S/C17H19IN2O2/c18-16-10-20(11-1-2-11)17(22)14-4-3-12(9-15(14)16)19-7-5-13(21)6-8-19/h3-4,9-11,13,21H,1-2,5-8H2. The summed E-state index contributed by atoms with van der Waals surface area (Å²) in [5.41, 5.74) is 1.29. The van der Waals surface area contributed by atoms with E-state index in [4.69, 9.17) is 0 Å². The van der Waals surface area contributed by atoms with E-state index >= 15 is 0 Å². The van der Waals surface area contributed by atoms with Crippen molar-refractivity contribution in [3.63, 3.8) is 0 Å². The molecule has 22 heavy (non-hydrogen) atoms. The van der Waals surface area contributed by atoms with E-state index in [-0.39, 0.29) is 11.7 Å². The first-order chi connectivity index (χ1) is 10.6. The van der Waals surface area contributed by atoms with Crippen LogP contribution >= 0.6 is 22.6 Å². The summed E-state index contributed by atoms with van der Waals surface area (Å²) >= 11 is 2.33. The van der Waals surface area contributed by atoms with Crippen molar-refractivity contribution in [3.8, 4) is 0 Å². The predicted octanol–water partition coefficient (Wildman–Crippen LogP) is 2.90. The Labute approximate surface area is 142 Å². The monoisotopic (exact) mass is 410 g/mol. The Morgan fingerprint density at radius 1 is 1.09 bits per heavy atom. The van der Waals surface area contributed by atoms with Crippen molar-refractivity contribution in [2.45, 2.75) is 37.8 Å². The van der Waals surface area contributed by atoms with Gasteiger partial charge in [0.2, 0.25) is 0 Å². The Balaban J connectivity index is 1.76. The summed E-state index contributed by atoms with van der Waals surface area (Å²) in [5, 5.41) is 11.5. The third kappa shape index (κ3) is 2.54. The molecular weight excluding hydrogens is 391 g/mol. The van der Waals surface area contributed by atoms with Crippen LogP contribution in [0.2, 0.25) is 0 Å². The topological polar surface area (TPSA) is 45.5 Å². The molecule has 4 rings (SSSR count). The summed E-state index contributed by atoms with van der Waals surface area (Å²) in [6.45, 7) is 1.75. The van der Waals surface area contributed by atoms with Crippen molar-refractivity contribution >= 4 is 39.1 Å². The van der Waals surface area contributed by atoms with Crippen LogP contribution in [0.3, 0.4) is 0 Å². The van der Waals surface area contributed by atoms with Crippen LogP contribution in [0.25, 0.3) is 10.8 Å². The molecule has 1 saturated carbocycles. The molecule has 4 nitrogen and oxygen atoms in total. The summed E-state index contributed by atoms with van der Waals surface area (Å²) in [6.07, 6.45) is 5.72. The van der Waals surface area contributed by atoms with Gasteiger partial charge in [-0.2, -0.15) is 0 Å². The van der Waals surface area contributed by atoms with Gasteiger partial charge in [-0.25, -0.2) is 0 Å². The molecule has 2 fully saturated rings. The molecule has 1 aliphatic carbocycles. The lowest BCUT2D eigenvalue weighted by Gasteiger charge is -2.31. The van der Waals surface area contributed by atoms with E-state index in [1.807, 2.05) is 16.8 Å². The fourth-order valence-electron chi connectivity index (χ4n) is 3.25. The van der Waals surface area contributed by atoms with Gasteiger partial charge in [-0.15, -0.1) is 0 Å². The number of halogens is 1. The van der Waals surface area contributed by atoms with Crippen molar-refractivity contribution in [3.05, 3.63) is 38.3 Å².